The van der Waals surface area contributed by atoms with Gasteiger partial charge < -0.3 is 23.9 Å². The van der Waals surface area contributed by atoms with Crippen molar-refractivity contribution in [2.24, 2.45) is 17.8 Å². The minimum atomic E-state index is -1.01. The van der Waals surface area contributed by atoms with Crippen LogP contribution in [0.1, 0.15) is 69.8 Å². The van der Waals surface area contributed by atoms with Gasteiger partial charge in [-0.1, -0.05) is 43.0 Å². The average Bonchev–Trinajstić information content (AvgIpc) is 3.56. The zero-order valence-corrected chi connectivity index (χ0v) is 24.2. The van der Waals surface area contributed by atoms with Crippen LogP contribution < -0.4 is 4.74 Å². The number of aliphatic hydroxyl groups excluding tert-OH is 1. The predicted molar refractivity (Wildman–Crippen MR) is 158 cm³/mol. The summed E-state index contributed by atoms with van der Waals surface area (Å²) in [6, 6.07) is 13.2. The molecule has 2 aliphatic carbocycles. The number of likely N-dealkylation sites (tertiary alicyclic amines) is 1. The molecule has 0 spiro atoms. The summed E-state index contributed by atoms with van der Waals surface area (Å²) in [6.07, 6.45) is 8.60. The molecule has 9 heteroatoms. The monoisotopic (exact) mass is 573 g/mol. The first kappa shape index (κ1) is 29.0. The van der Waals surface area contributed by atoms with E-state index in [1.165, 1.54) is 0 Å². The van der Waals surface area contributed by atoms with Gasteiger partial charge in [0.25, 0.3) is 0 Å². The van der Waals surface area contributed by atoms with Crippen molar-refractivity contribution < 1.29 is 33.5 Å². The van der Waals surface area contributed by atoms with Gasteiger partial charge in [-0.2, -0.15) is 0 Å². The maximum absolute atomic E-state index is 14.0. The number of benzene rings is 1. The van der Waals surface area contributed by atoms with Gasteiger partial charge in [0, 0.05) is 6.04 Å². The van der Waals surface area contributed by atoms with Crippen LogP contribution in [-0.4, -0.2) is 52.7 Å². The third-order valence-electron chi connectivity index (χ3n) is 9.47. The van der Waals surface area contributed by atoms with Crippen molar-refractivity contribution in [1.82, 2.24) is 4.90 Å². The van der Waals surface area contributed by atoms with E-state index in [0.717, 1.165) is 54.6 Å². The number of ether oxygens (including phenoxy) is 1. The normalized spacial score (nSPS) is 27.0. The van der Waals surface area contributed by atoms with Gasteiger partial charge in [-0.15, -0.1) is 0 Å². The highest BCUT2D eigenvalue weighted by molar-refractivity contribution is 6.43. The molecule has 1 aromatic carbocycles. The van der Waals surface area contributed by atoms with Crippen LogP contribution in [0.5, 0.6) is 5.75 Å². The Kier molecular flexibility index (Phi) is 8.70. The molecule has 0 radical (unpaired) electrons. The molecule has 0 unspecified atom stereocenters. The molecule has 2 amide bonds. The zero-order valence-electron chi connectivity index (χ0n) is 24.2. The maximum Gasteiger partial charge on any atom is 0.455 e. The second kappa shape index (κ2) is 12.6. The fourth-order valence-corrected chi connectivity index (χ4v) is 7.54. The lowest BCUT2D eigenvalue weighted by Crippen LogP contribution is -2.47. The molecule has 222 valence electrons. The van der Waals surface area contributed by atoms with Crippen LogP contribution >= 0.6 is 0 Å². The first-order chi connectivity index (χ1) is 20.4. The third-order valence-corrected chi connectivity index (χ3v) is 9.47. The molecule has 4 aliphatic rings. The number of aliphatic hydroxyl groups is 1. The first-order valence-electron chi connectivity index (χ1n) is 15.4. The summed E-state index contributed by atoms with van der Waals surface area (Å²) in [6.45, 7) is 2.18. The van der Waals surface area contributed by atoms with Crippen molar-refractivity contribution in [3.8, 4) is 5.75 Å². The van der Waals surface area contributed by atoms with E-state index in [-0.39, 0.29) is 30.4 Å². The Morgan fingerprint density at radius 2 is 1.86 bits per heavy atom. The molecule has 2 N–H and O–H groups in total. The van der Waals surface area contributed by atoms with Crippen LogP contribution in [0.25, 0.3) is 6.08 Å². The Labute approximate surface area is 247 Å². The molecule has 3 heterocycles. The summed E-state index contributed by atoms with van der Waals surface area (Å²) < 4.78 is 18.0. The smallest absolute Gasteiger partial charge is 0.455 e. The predicted octanol–water partition coefficient (Wildman–Crippen LogP) is 5.16. The summed E-state index contributed by atoms with van der Waals surface area (Å²) >= 11 is 0. The number of rotatable bonds is 9. The molecule has 6 rings (SSSR count). The number of hydrogen-bond acceptors (Lipinski definition) is 7. The summed E-state index contributed by atoms with van der Waals surface area (Å²) in [4.78, 5) is 29.4. The van der Waals surface area contributed by atoms with Crippen molar-refractivity contribution in [3.05, 3.63) is 70.7 Å². The van der Waals surface area contributed by atoms with Gasteiger partial charge in [-0.25, -0.2) is 0 Å². The number of nitrogens with zero attached hydrogens (tertiary/aromatic N) is 1. The van der Waals surface area contributed by atoms with Crippen molar-refractivity contribution in [2.45, 2.75) is 83.4 Å². The van der Waals surface area contributed by atoms with Crippen molar-refractivity contribution in [2.75, 3.05) is 6.61 Å². The Balaban J connectivity index is 1.28. The van der Waals surface area contributed by atoms with Gasteiger partial charge >= 0.3 is 7.12 Å². The molecule has 1 saturated carbocycles. The van der Waals surface area contributed by atoms with E-state index in [1.54, 1.807) is 11.0 Å². The number of carbonyl (C=O) groups is 2. The summed E-state index contributed by atoms with van der Waals surface area (Å²) in [5.74, 6) is 0.664. The lowest BCUT2D eigenvalue weighted by Gasteiger charge is -2.43. The average molecular weight is 573 g/mol. The Bertz CT molecular complexity index is 1350. The molecule has 8 nitrogen and oxygen atoms in total. The van der Waals surface area contributed by atoms with E-state index in [9.17, 15) is 19.7 Å². The number of allylic oxidation sites excluding steroid dienone is 1. The second-order valence-electron chi connectivity index (χ2n) is 12.2. The summed E-state index contributed by atoms with van der Waals surface area (Å²) in [5.41, 5.74) is 3.10. The first-order valence-corrected chi connectivity index (χ1v) is 15.4. The molecule has 3 fully saturated rings. The Hall–Kier alpha value is -3.14. The fraction of sp³-hybridized carbons (Fsp3) is 0.515. The molecule has 0 bridgehead atoms. The van der Waals surface area contributed by atoms with Gasteiger partial charge in [0.15, 0.2) is 0 Å². The van der Waals surface area contributed by atoms with E-state index in [4.69, 9.17) is 13.8 Å². The van der Waals surface area contributed by atoms with Crippen LogP contribution in [0.2, 0.25) is 6.32 Å². The fourth-order valence-electron chi connectivity index (χ4n) is 7.54. The summed E-state index contributed by atoms with van der Waals surface area (Å²) in [7, 11) is -1.01. The van der Waals surface area contributed by atoms with E-state index in [0.29, 0.717) is 43.7 Å². The Morgan fingerprint density at radius 3 is 2.60 bits per heavy atom. The van der Waals surface area contributed by atoms with Crippen LogP contribution in [0.3, 0.4) is 0 Å². The van der Waals surface area contributed by atoms with Crippen LogP contribution in [0.15, 0.2) is 63.6 Å². The van der Waals surface area contributed by atoms with Crippen molar-refractivity contribution in [3.63, 3.8) is 0 Å². The highest BCUT2D eigenvalue weighted by Gasteiger charge is 2.58. The lowest BCUT2D eigenvalue weighted by atomic mass is 9.58. The minimum Gasteiger partial charge on any atom is -0.489 e. The van der Waals surface area contributed by atoms with Crippen molar-refractivity contribution in [1.29, 1.82) is 0 Å². The van der Waals surface area contributed by atoms with Crippen LogP contribution in [0, 0.1) is 17.8 Å². The van der Waals surface area contributed by atoms with Crippen molar-refractivity contribution >= 4 is 25.0 Å². The minimum absolute atomic E-state index is 0.0156. The van der Waals surface area contributed by atoms with Gasteiger partial charge in [0.1, 0.15) is 30.5 Å². The molecule has 2 saturated heterocycles. The van der Waals surface area contributed by atoms with E-state index in [2.05, 4.69) is 0 Å². The molecular formula is C33H40BNO7. The topological polar surface area (TPSA) is 109 Å². The highest BCUT2D eigenvalue weighted by atomic mass is 16.5. The third kappa shape index (κ3) is 5.87. The molecule has 2 aromatic rings. The van der Waals surface area contributed by atoms with E-state index < -0.39 is 25.1 Å². The molecule has 1 aromatic heterocycles. The highest BCUT2D eigenvalue weighted by Crippen LogP contribution is 2.51. The number of amides is 2. The molecule has 42 heavy (non-hydrogen) atoms. The van der Waals surface area contributed by atoms with Crippen LogP contribution in [0.4, 0.5) is 0 Å². The lowest BCUT2D eigenvalue weighted by molar-refractivity contribution is -0.143. The summed E-state index contributed by atoms with van der Waals surface area (Å²) in [5, 5.41) is 20.2. The number of imide groups is 1. The number of fused-ring (bicyclic) bond motifs is 3. The number of carbonyl (C=O) groups excluding carboxylic acids is 2. The zero-order chi connectivity index (χ0) is 29.2. The number of hydrogen-bond donors (Lipinski definition) is 2. The van der Waals surface area contributed by atoms with Gasteiger partial charge in [-0.3, -0.25) is 14.5 Å². The Morgan fingerprint density at radius 1 is 1.07 bits per heavy atom. The second-order valence-corrected chi connectivity index (χ2v) is 12.2. The van der Waals surface area contributed by atoms with Gasteiger partial charge in [-0.05, 0) is 92.8 Å². The number of furan rings is 1. The quantitative estimate of drug-likeness (QED) is 0.242. The largest absolute Gasteiger partial charge is 0.489 e. The molecule has 2 aliphatic heterocycles. The molecule has 4 atom stereocenters. The number of para-hydroxylation sites is 1. The van der Waals surface area contributed by atoms with E-state index in [1.807, 2.05) is 49.4 Å². The van der Waals surface area contributed by atoms with Gasteiger partial charge in [0.05, 0.1) is 17.9 Å². The van der Waals surface area contributed by atoms with Crippen LogP contribution in [-0.2, 0) is 20.9 Å². The SMILES string of the molecule is C/C(=C\c1ccc(CO)o1)CC[C@H]1OB(O)C[C@H]2C1=C(COc1ccccc1)C[C@H]1C(=O)N(C3CCCCC3)C(=O)[C@H]12. The maximum atomic E-state index is 14.0. The standard InChI is InChI=1S/C33H40BNO7/c1-21(16-25-13-14-26(19-36)41-25)12-15-29-30-22(20-40-24-10-6-3-7-11-24)17-27-31(28(30)18-34(39)42-29)33(38)35(32(27)37)23-8-4-2-5-9-23/h3,6-7,10-11,13-14,16,23,27-29,31,36,39H,2,4-5,8-9,12,15,17-20H2,1H3/b21-16+/t27-,28+,29-,31-/m1/s1. The molecular weight excluding hydrogens is 533 g/mol. The van der Waals surface area contributed by atoms with E-state index >= 15 is 0 Å². The van der Waals surface area contributed by atoms with Gasteiger partial charge in [0.2, 0.25) is 11.8 Å².